The van der Waals surface area contributed by atoms with Gasteiger partial charge in [0.25, 0.3) is 0 Å². The van der Waals surface area contributed by atoms with Crippen molar-refractivity contribution in [2.45, 2.75) is 44.3 Å². The molecule has 2 bridgehead atoms. The third-order valence-corrected chi connectivity index (χ3v) is 7.11. The van der Waals surface area contributed by atoms with E-state index < -0.39 is 0 Å². The molecule has 2 aliphatic rings. The molecule has 2 atom stereocenters. The molecule has 2 amide bonds. The van der Waals surface area contributed by atoms with Gasteiger partial charge < -0.3 is 15.4 Å². The third kappa shape index (κ3) is 4.27. The molecule has 2 aliphatic heterocycles. The number of carbonyl (C=O) groups is 2. The Hall–Kier alpha value is -2.09. The van der Waals surface area contributed by atoms with E-state index in [1.807, 2.05) is 0 Å². The Kier molecular flexibility index (Phi) is 6.08. The number of ether oxygens (including phenoxy) is 1. The van der Waals surface area contributed by atoms with Gasteiger partial charge in [-0.15, -0.1) is 11.3 Å². The normalized spacial score (nSPS) is 23.6. The summed E-state index contributed by atoms with van der Waals surface area (Å²) in [5, 5.41) is 7.98. The van der Waals surface area contributed by atoms with Gasteiger partial charge in [-0.2, -0.15) is 0 Å². The predicted octanol–water partition coefficient (Wildman–Crippen LogP) is 4.36. The highest BCUT2D eigenvalue weighted by atomic mass is 35.5. The maximum absolute atomic E-state index is 13.0. The van der Waals surface area contributed by atoms with Crippen molar-refractivity contribution < 1.29 is 14.3 Å². The lowest BCUT2D eigenvalue weighted by molar-refractivity contribution is -0.122. The predicted molar refractivity (Wildman–Crippen MR) is 116 cm³/mol. The van der Waals surface area contributed by atoms with E-state index in [9.17, 15) is 9.59 Å². The second-order valence-electron chi connectivity index (χ2n) is 7.59. The Balaban J connectivity index is 1.44. The number of piperidine rings is 1. The molecule has 0 aliphatic carbocycles. The monoisotopic (exact) mass is 433 g/mol. The summed E-state index contributed by atoms with van der Waals surface area (Å²) in [7, 11) is 1.52. The summed E-state index contributed by atoms with van der Waals surface area (Å²) in [4.78, 5) is 27.7. The van der Waals surface area contributed by atoms with Gasteiger partial charge in [0.2, 0.25) is 12.3 Å². The molecule has 2 aromatic rings. The van der Waals surface area contributed by atoms with Crippen molar-refractivity contribution in [2.24, 2.45) is 5.92 Å². The Morgan fingerprint density at radius 1 is 1.31 bits per heavy atom. The summed E-state index contributed by atoms with van der Waals surface area (Å²) in [5.41, 5.74) is 0.962. The summed E-state index contributed by atoms with van der Waals surface area (Å²) in [6.07, 6.45) is 4.60. The number of benzene rings is 1. The summed E-state index contributed by atoms with van der Waals surface area (Å²) in [6, 6.07) is 8.41. The number of thiophene rings is 1. The zero-order valence-electron chi connectivity index (χ0n) is 16.2. The summed E-state index contributed by atoms with van der Waals surface area (Å²) in [6.45, 7) is 0.982. The summed E-state index contributed by atoms with van der Waals surface area (Å²) >= 11 is 8.01. The molecule has 2 fully saturated rings. The number of rotatable bonds is 7. The Labute approximate surface area is 179 Å². The first-order valence-corrected chi connectivity index (χ1v) is 11.0. The molecule has 0 saturated carbocycles. The van der Waals surface area contributed by atoms with Crippen molar-refractivity contribution in [2.75, 3.05) is 17.7 Å². The molecule has 1 aromatic heterocycles. The highest BCUT2D eigenvalue weighted by Gasteiger charge is 2.42. The van der Waals surface area contributed by atoms with Crippen molar-refractivity contribution in [3.8, 4) is 5.75 Å². The van der Waals surface area contributed by atoms with Crippen LogP contribution in [0, 0.1) is 5.92 Å². The van der Waals surface area contributed by atoms with E-state index in [2.05, 4.69) is 33.0 Å². The topological polar surface area (TPSA) is 70.7 Å². The quantitative estimate of drug-likeness (QED) is 0.636. The molecule has 2 N–H and O–H groups in total. The first-order valence-electron chi connectivity index (χ1n) is 9.75. The van der Waals surface area contributed by atoms with Crippen molar-refractivity contribution in [3.63, 3.8) is 0 Å². The molecule has 8 heteroatoms. The van der Waals surface area contributed by atoms with Gasteiger partial charge in [-0.3, -0.25) is 14.5 Å². The van der Waals surface area contributed by atoms with E-state index in [0.29, 0.717) is 40.6 Å². The van der Waals surface area contributed by atoms with Gasteiger partial charge in [-0.1, -0.05) is 17.7 Å². The number of hydrogen-bond acceptors (Lipinski definition) is 5. The molecule has 1 aromatic carbocycles. The molecule has 0 spiro atoms. The van der Waals surface area contributed by atoms with Gasteiger partial charge in [0.15, 0.2) is 0 Å². The number of anilines is 2. The van der Waals surface area contributed by atoms with Crippen molar-refractivity contribution in [1.82, 2.24) is 4.90 Å². The maximum Gasteiger partial charge on any atom is 0.227 e. The first-order chi connectivity index (χ1) is 14.1. The molecule has 6 nitrogen and oxygen atoms in total. The van der Waals surface area contributed by atoms with Crippen LogP contribution in [-0.2, 0) is 16.1 Å². The van der Waals surface area contributed by atoms with Crippen LogP contribution in [0.3, 0.4) is 0 Å². The molecule has 2 saturated heterocycles. The number of carbonyl (C=O) groups excluding carboxylic acids is 2. The SMILES string of the molecule is COc1cc(NC=O)c(Cl)cc1NC(=O)C1CC2CCC(C1)N2Cc1cccs1. The second kappa shape index (κ2) is 8.73. The van der Waals surface area contributed by atoms with Crippen LogP contribution in [0.5, 0.6) is 5.75 Å². The molecule has 0 radical (unpaired) electrons. The Morgan fingerprint density at radius 3 is 2.69 bits per heavy atom. The van der Waals surface area contributed by atoms with Crippen molar-refractivity contribution in [1.29, 1.82) is 0 Å². The minimum Gasteiger partial charge on any atom is -0.494 e. The van der Waals surface area contributed by atoms with E-state index >= 15 is 0 Å². The number of amides is 2. The number of fused-ring (bicyclic) bond motifs is 2. The fraction of sp³-hybridized carbons (Fsp3) is 0.429. The van der Waals surface area contributed by atoms with Crippen LogP contribution in [0.15, 0.2) is 29.6 Å². The average Bonchev–Trinajstić information content (AvgIpc) is 3.29. The fourth-order valence-electron chi connectivity index (χ4n) is 4.56. The fourth-order valence-corrected chi connectivity index (χ4v) is 5.49. The molecule has 4 rings (SSSR count). The van der Waals surface area contributed by atoms with E-state index in [0.717, 1.165) is 32.2 Å². The summed E-state index contributed by atoms with van der Waals surface area (Å²) < 4.78 is 5.37. The lowest BCUT2D eigenvalue weighted by Crippen LogP contribution is -2.45. The van der Waals surface area contributed by atoms with Gasteiger partial charge in [0.05, 0.1) is 23.5 Å². The molecule has 3 heterocycles. The molecular formula is C21H24ClN3O3S. The zero-order chi connectivity index (χ0) is 20.4. The van der Waals surface area contributed by atoms with Crippen LogP contribution in [0.2, 0.25) is 5.02 Å². The van der Waals surface area contributed by atoms with E-state index in [4.69, 9.17) is 16.3 Å². The van der Waals surface area contributed by atoms with Crippen LogP contribution in [0.25, 0.3) is 0 Å². The van der Waals surface area contributed by atoms with Crippen molar-refractivity contribution in [3.05, 3.63) is 39.5 Å². The molecular weight excluding hydrogens is 410 g/mol. The molecule has 29 heavy (non-hydrogen) atoms. The number of hydrogen-bond donors (Lipinski definition) is 2. The largest absolute Gasteiger partial charge is 0.494 e. The van der Waals surface area contributed by atoms with E-state index in [-0.39, 0.29) is 11.8 Å². The number of methoxy groups -OCH3 is 1. The second-order valence-corrected chi connectivity index (χ2v) is 9.03. The van der Waals surface area contributed by atoms with Crippen molar-refractivity contribution >= 4 is 46.6 Å². The standard InChI is InChI=1S/C21H24ClN3O3S/c1-28-20-10-18(23-12-26)17(22)9-19(20)24-21(27)13-7-14-4-5-15(8-13)25(14)11-16-3-2-6-29-16/h2-3,6,9-10,12-15H,4-5,7-8,11H2,1H3,(H,23,26)(H,24,27). The van der Waals surface area contributed by atoms with Gasteiger partial charge in [0.1, 0.15) is 5.75 Å². The molecule has 2 unspecified atom stereocenters. The van der Waals surface area contributed by atoms with Gasteiger partial charge >= 0.3 is 0 Å². The van der Waals surface area contributed by atoms with Crippen LogP contribution in [0.1, 0.15) is 30.6 Å². The van der Waals surface area contributed by atoms with Crippen LogP contribution in [-0.4, -0.2) is 36.4 Å². The number of halogens is 1. The lowest BCUT2D eigenvalue weighted by atomic mass is 9.89. The third-order valence-electron chi connectivity index (χ3n) is 5.94. The lowest BCUT2D eigenvalue weighted by Gasteiger charge is -2.38. The minimum atomic E-state index is -0.0247. The Bertz CT molecular complexity index is 876. The smallest absolute Gasteiger partial charge is 0.227 e. The zero-order valence-corrected chi connectivity index (χ0v) is 17.8. The number of nitrogens with one attached hydrogen (secondary N) is 2. The minimum absolute atomic E-state index is 0.00290. The average molecular weight is 434 g/mol. The summed E-state index contributed by atoms with van der Waals surface area (Å²) in [5.74, 6) is 0.441. The van der Waals surface area contributed by atoms with Gasteiger partial charge in [-0.05, 0) is 43.2 Å². The van der Waals surface area contributed by atoms with Crippen LogP contribution < -0.4 is 15.4 Å². The first kappa shape index (κ1) is 20.2. The highest BCUT2D eigenvalue weighted by Crippen LogP contribution is 2.41. The Morgan fingerprint density at radius 2 is 2.07 bits per heavy atom. The molecule has 154 valence electrons. The highest BCUT2D eigenvalue weighted by molar-refractivity contribution is 7.09. The number of nitrogens with zero attached hydrogens (tertiary/aromatic N) is 1. The maximum atomic E-state index is 13.0. The van der Waals surface area contributed by atoms with Gasteiger partial charge in [-0.25, -0.2) is 0 Å². The van der Waals surface area contributed by atoms with E-state index in [1.54, 1.807) is 23.5 Å². The van der Waals surface area contributed by atoms with Gasteiger partial charge in [0, 0.05) is 35.5 Å². The van der Waals surface area contributed by atoms with Crippen LogP contribution >= 0.6 is 22.9 Å². The van der Waals surface area contributed by atoms with E-state index in [1.165, 1.54) is 12.0 Å². The van der Waals surface area contributed by atoms with Crippen LogP contribution in [0.4, 0.5) is 11.4 Å².